The normalized spacial score (nSPS) is 20.6. The maximum absolute atomic E-state index is 18.0. The molecule has 308 valence electrons. The van der Waals surface area contributed by atoms with E-state index in [-0.39, 0.29) is 66.4 Å². The summed E-state index contributed by atoms with van der Waals surface area (Å²) < 4.78 is 36.2. The summed E-state index contributed by atoms with van der Waals surface area (Å²) >= 11 is 0. The monoisotopic (exact) mass is 793 g/mol. The minimum Gasteiger partial charge on any atom is -0.476 e. The van der Waals surface area contributed by atoms with Crippen LogP contribution in [-0.4, -0.2) is 89.0 Å². The van der Waals surface area contributed by atoms with Crippen molar-refractivity contribution < 1.29 is 33.3 Å². The summed E-state index contributed by atoms with van der Waals surface area (Å²) in [4.78, 5) is 35.4. The highest BCUT2D eigenvalue weighted by Gasteiger charge is 2.55. The van der Waals surface area contributed by atoms with Gasteiger partial charge in [0.05, 0.1) is 29.3 Å². The first-order valence-electron chi connectivity index (χ1n) is 20.6. The van der Waals surface area contributed by atoms with Crippen LogP contribution in [0, 0.1) is 28.5 Å². The molecule has 4 atom stereocenters. The van der Waals surface area contributed by atoms with E-state index in [2.05, 4.69) is 23.3 Å². The number of likely N-dealkylation sites (N-methyl/N-ethyl adjacent to an activating group) is 1. The Labute approximate surface area is 340 Å². The van der Waals surface area contributed by atoms with E-state index in [1.54, 1.807) is 37.8 Å². The van der Waals surface area contributed by atoms with Crippen molar-refractivity contribution in [3.8, 4) is 28.8 Å². The summed E-state index contributed by atoms with van der Waals surface area (Å²) in [6, 6.07) is 15.1. The number of aryl methyl sites for hydroxylation is 1. The Kier molecular flexibility index (Phi) is 11.6. The number of nitriles is 1. The first-order chi connectivity index (χ1) is 27.6. The number of aromatic nitrogens is 1. The second-order valence-electron chi connectivity index (χ2n) is 18.2. The van der Waals surface area contributed by atoms with E-state index in [0.29, 0.717) is 54.1 Å². The molecule has 2 bridgehead atoms. The molecular weight excluding hydrogens is 738 g/mol. The Balaban J connectivity index is 1.42. The zero-order valence-electron chi connectivity index (χ0n) is 34.8. The number of carbonyl (C=O) groups is 2. The lowest BCUT2D eigenvalue weighted by atomic mass is 9.79. The molecule has 4 aliphatic rings. The predicted molar refractivity (Wildman–Crippen MR) is 222 cm³/mol. The maximum atomic E-state index is 18.0. The van der Waals surface area contributed by atoms with E-state index in [9.17, 15) is 20.0 Å². The van der Waals surface area contributed by atoms with Gasteiger partial charge in [0.1, 0.15) is 23.5 Å². The lowest BCUT2D eigenvalue weighted by Crippen LogP contribution is -2.50. The van der Waals surface area contributed by atoms with Gasteiger partial charge in [-0.25, -0.2) is 14.2 Å². The van der Waals surface area contributed by atoms with Crippen molar-refractivity contribution in [2.75, 3.05) is 38.7 Å². The lowest BCUT2D eigenvalue weighted by molar-refractivity contribution is -0.142. The number of likely N-dealkylation sites (tertiary alicyclic amines) is 1. The van der Waals surface area contributed by atoms with E-state index < -0.39 is 22.8 Å². The highest BCUT2D eigenvalue weighted by molar-refractivity contribution is 6.04. The van der Waals surface area contributed by atoms with Crippen molar-refractivity contribution in [1.29, 1.82) is 5.26 Å². The number of hydrogen-bond donors (Lipinski definition) is 2. The SMILES string of the molecule is CN1CCC[C@H]1COc1nc2c(F)c(-c3cc(OC(=O)C(C)(C)C)cc4ccccc34)c(CCC#N)cc2c(NC2C3CC2N(C(=O)OC(C)(C)C)C3)c1CCCO. The number of rotatable bonds is 12. The fourth-order valence-electron chi connectivity index (χ4n) is 8.59. The van der Waals surface area contributed by atoms with Gasteiger partial charge < -0.3 is 34.4 Å². The highest BCUT2D eigenvalue weighted by atomic mass is 19.1. The van der Waals surface area contributed by atoms with Crippen LogP contribution >= 0.6 is 0 Å². The molecule has 4 heterocycles. The third kappa shape index (κ3) is 8.30. The number of amides is 1. The number of aliphatic hydroxyl groups is 1. The fourth-order valence-corrected chi connectivity index (χ4v) is 8.59. The standard InChI is InChI=1S/C46H56FN5O6/c1-45(2,3)43(54)57-31-21-27-13-8-9-16-32(27)34(24-31)37-28(14-10-18-48)22-35-40(49-39-29-23-36(39)52(25-29)44(55)58-46(4,5)6)33(17-12-20-53)42(50-41(35)38(37)47)56-26-30-15-11-19-51(30)7/h8-9,13,16,21-22,24,29-30,36,39,53H,10-12,14-15,17,19-20,23,25-26H2,1-7H3,(H,49,50)/t29?,30-,36?,39?/m0/s1. The third-order valence-electron chi connectivity index (χ3n) is 11.7. The van der Waals surface area contributed by atoms with Crippen molar-refractivity contribution in [1.82, 2.24) is 14.8 Å². The Morgan fingerprint density at radius 2 is 1.86 bits per heavy atom. The van der Waals surface area contributed by atoms with Crippen LogP contribution < -0.4 is 14.8 Å². The number of carbonyl (C=O) groups excluding carboxylic acids is 2. The Morgan fingerprint density at radius 1 is 1.09 bits per heavy atom. The minimum atomic E-state index is -0.771. The molecule has 0 radical (unpaired) electrons. The van der Waals surface area contributed by atoms with Crippen molar-refractivity contribution in [3.63, 3.8) is 0 Å². The van der Waals surface area contributed by atoms with Crippen molar-refractivity contribution in [3.05, 3.63) is 59.4 Å². The van der Waals surface area contributed by atoms with Gasteiger partial charge in [0.25, 0.3) is 0 Å². The van der Waals surface area contributed by atoms with Crippen molar-refractivity contribution in [2.24, 2.45) is 11.3 Å². The van der Waals surface area contributed by atoms with Crippen molar-refractivity contribution in [2.45, 2.75) is 110 Å². The van der Waals surface area contributed by atoms with Crippen LogP contribution in [0.5, 0.6) is 11.6 Å². The minimum absolute atomic E-state index is 0.0622. The molecule has 1 amide bonds. The molecule has 11 nitrogen and oxygen atoms in total. The first-order valence-corrected chi connectivity index (χ1v) is 20.6. The number of esters is 1. The molecule has 3 saturated heterocycles. The van der Waals surface area contributed by atoms with Gasteiger partial charge in [-0.1, -0.05) is 24.3 Å². The van der Waals surface area contributed by atoms with Gasteiger partial charge in [-0.2, -0.15) is 5.26 Å². The molecule has 3 unspecified atom stereocenters. The molecule has 4 fully saturated rings. The molecule has 3 aliphatic heterocycles. The number of halogens is 1. The van der Waals surface area contributed by atoms with E-state index in [0.717, 1.165) is 42.1 Å². The first kappa shape index (κ1) is 41.2. The average molecular weight is 794 g/mol. The molecule has 58 heavy (non-hydrogen) atoms. The summed E-state index contributed by atoms with van der Waals surface area (Å²) in [5, 5.41) is 25.7. The maximum Gasteiger partial charge on any atom is 0.410 e. The molecule has 12 heteroatoms. The zero-order chi connectivity index (χ0) is 41.5. The van der Waals surface area contributed by atoms with Crippen LogP contribution in [0.25, 0.3) is 32.8 Å². The summed E-state index contributed by atoms with van der Waals surface area (Å²) in [6.45, 7) is 12.7. The number of aliphatic hydroxyl groups excluding tert-OH is 1. The van der Waals surface area contributed by atoms with Gasteiger partial charge in [-0.3, -0.25) is 4.79 Å². The smallest absolute Gasteiger partial charge is 0.410 e. The molecule has 1 aromatic heterocycles. The number of nitrogens with zero attached hydrogens (tertiary/aromatic N) is 4. The number of hydrogen-bond acceptors (Lipinski definition) is 10. The van der Waals surface area contributed by atoms with Gasteiger partial charge in [-0.05, 0) is 134 Å². The molecule has 2 N–H and O–H groups in total. The second-order valence-corrected chi connectivity index (χ2v) is 18.2. The molecule has 8 rings (SSSR count). The number of nitrogens with one attached hydrogen (secondary N) is 1. The van der Waals surface area contributed by atoms with Gasteiger partial charge in [0.15, 0.2) is 5.82 Å². The van der Waals surface area contributed by atoms with Crippen LogP contribution in [-0.2, 0) is 22.4 Å². The largest absolute Gasteiger partial charge is 0.476 e. The molecule has 1 aliphatic carbocycles. The summed E-state index contributed by atoms with van der Waals surface area (Å²) in [5.41, 5.74) is 1.46. The Morgan fingerprint density at radius 3 is 2.55 bits per heavy atom. The van der Waals surface area contributed by atoms with E-state index in [1.165, 1.54) is 0 Å². The topological polar surface area (TPSA) is 137 Å². The highest BCUT2D eigenvalue weighted by Crippen LogP contribution is 2.48. The molecular formula is C46H56FN5O6. The van der Waals surface area contributed by atoms with Crippen LogP contribution in [0.2, 0.25) is 0 Å². The van der Waals surface area contributed by atoms with Crippen LogP contribution in [0.15, 0.2) is 42.5 Å². The Hall–Kier alpha value is -4.99. The summed E-state index contributed by atoms with van der Waals surface area (Å²) in [5.74, 6) is -0.271. The lowest BCUT2D eigenvalue weighted by Gasteiger charge is -2.38. The van der Waals surface area contributed by atoms with Gasteiger partial charge >= 0.3 is 12.1 Å². The predicted octanol–water partition coefficient (Wildman–Crippen LogP) is 8.42. The van der Waals surface area contributed by atoms with E-state index in [4.69, 9.17) is 19.2 Å². The van der Waals surface area contributed by atoms with E-state index >= 15 is 4.39 Å². The van der Waals surface area contributed by atoms with Gasteiger partial charge in [-0.15, -0.1) is 0 Å². The number of fused-ring (bicyclic) bond motifs is 3. The molecule has 4 aromatic rings. The summed E-state index contributed by atoms with van der Waals surface area (Å²) in [6.07, 6.45) is 3.71. The molecule has 3 aromatic carbocycles. The average Bonchev–Trinajstić information content (AvgIpc) is 3.89. The zero-order valence-corrected chi connectivity index (χ0v) is 34.8. The molecule has 1 saturated carbocycles. The van der Waals surface area contributed by atoms with Gasteiger partial charge in [0, 0.05) is 48.0 Å². The van der Waals surface area contributed by atoms with Gasteiger partial charge in [0.2, 0.25) is 5.88 Å². The number of anilines is 1. The number of benzene rings is 3. The van der Waals surface area contributed by atoms with E-state index in [1.807, 2.05) is 51.1 Å². The summed E-state index contributed by atoms with van der Waals surface area (Å²) in [7, 11) is 2.07. The van der Waals surface area contributed by atoms with Crippen LogP contribution in [0.1, 0.15) is 84.8 Å². The fraction of sp³-hybridized carbons (Fsp3) is 0.522. The quantitative estimate of drug-likeness (QED) is 0.106. The molecule has 0 spiro atoms. The second kappa shape index (κ2) is 16.3. The van der Waals surface area contributed by atoms with Crippen LogP contribution in [0.3, 0.4) is 0 Å². The number of ether oxygens (including phenoxy) is 3. The Bertz CT molecular complexity index is 2260. The van der Waals surface area contributed by atoms with Crippen LogP contribution in [0.4, 0.5) is 14.9 Å². The third-order valence-corrected chi connectivity index (χ3v) is 11.7. The number of pyridine rings is 1. The van der Waals surface area contributed by atoms with Crippen molar-refractivity contribution >= 4 is 39.4 Å².